The number of halogens is 3. The summed E-state index contributed by atoms with van der Waals surface area (Å²) >= 11 is 17.7. The van der Waals surface area contributed by atoms with Gasteiger partial charge in [0.15, 0.2) is 5.78 Å². The maximum Gasteiger partial charge on any atom is 0.176 e. The summed E-state index contributed by atoms with van der Waals surface area (Å²) in [5.41, 5.74) is 1.37. The summed E-state index contributed by atoms with van der Waals surface area (Å²) in [4.78, 5) is 11.2. The Morgan fingerprint density at radius 3 is 2.50 bits per heavy atom. The molecule has 0 atom stereocenters. The lowest BCUT2D eigenvalue weighted by Gasteiger charge is -2.09. The topological polar surface area (TPSA) is 29.1 Å². The molecule has 0 amide bonds. The Labute approximate surface area is 108 Å². The van der Waals surface area contributed by atoms with Crippen LogP contribution >= 0.6 is 34.8 Å². The van der Waals surface area contributed by atoms with Gasteiger partial charge in [-0.3, -0.25) is 4.79 Å². The molecule has 0 saturated heterocycles. The number of carbonyl (C=O) groups is 1. The molecule has 0 spiro atoms. The van der Waals surface area contributed by atoms with E-state index >= 15 is 0 Å². The van der Waals surface area contributed by atoms with Crippen molar-refractivity contribution in [3.63, 3.8) is 0 Å². The Kier molecular flexibility index (Phi) is 3.43. The van der Waals surface area contributed by atoms with Crippen molar-refractivity contribution in [2.24, 2.45) is 0 Å². The van der Waals surface area contributed by atoms with Gasteiger partial charge in [-0.15, -0.1) is 0 Å². The van der Waals surface area contributed by atoms with Crippen LogP contribution in [0.1, 0.15) is 12.8 Å². The number of hydrogen-bond donors (Lipinski definition) is 1. The van der Waals surface area contributed by atoms with Crippen molar-refractivity contribution in [3.05, 3.63) is 39.0 Å². The summed E-state index contributed by atoms with van der Waals surface area (Å²) in [6, 6.07) is 5.26. The Morgan fingerprint density at radius 1 is 1.12 bits per heavy atom. The van der Waals surface area contributed by atoms with Crippen LogP contribution in [0.25, 0.3) is 0 Å². The van der Waals surface area contributed by atoms with Crippen molar-refractivity contribution in [1.82, 2.24) is 0 Å². The van der Waals surface area contributed by atoms with Crippen LogP contribution in [0.3, 0.4) is 0 Å². The highest BCUT2D eigenvalue weighted by molar-refractivity contribution is 6.44. The number of ketones is 1. The summed E-state index contributed by atoms with van der Waals surface area (Å²) in [7, 11) is 0. The first kappa shape index (κ1) is 11.8. The second-order valence-electron chi connectivity index (χ2n) is 3.44. The third-order valence-corrected chi connectivity index (χ3v) is 3.61. The van der Waals surface area contributed by atoms with Crippen LogP contribution in [0.5, 0.6) is 0 Å². The number of rotatable bonds is 2. The fraction of sp³-hybridized carbons (Fsp3) is 0.182. The molecule has 1 aliphatic carbocycles. The van der Waals surface area contributed by atoms with Crippen LogP contribution in [0.4, 0.5) is 5.69 Å². The molecule has 0 fully saturated rings. The summed E-state index contributed by atoms with van der Waals surface area (Å²) in [5.74, 6) is -0.0395. The highest BCUT2D eigenvalue weighted by Gasteiger charge is 2.21. The van der Waals surface area contributed by atoms with Crippen LogP contribution in [0, 0.1) is 0 Å². The quantitative estimate of drug-likeness (QED) is 0.876. The molecule has 0 heterocycles. The van der Waals surface area contributed by atoms with Crippen molar-refractivity contribution in [2.45, 2.75) is 12.8 Å². The molecule has 0 aliphatic heterocycles. The lowest BCUT2D eigenvalue weighted by atomic mass is 10.3. The largest absolute Gasteiger partial charge is 0.356 e. The van der Waals surface area contributed by atoms with E-state index in [0.29, 0.717) is 34.3 Å². The molecule has 0 unspecified atom stereocenters. The van der Waals surface area contributed by atoms with E-state index in [1.807, 2.05) is 0 Å². The number of anilines is 1. The molecule has 16 heavy (non-hydrogen) atoms. The van der Waals surface area contributed by atoms with Gasteiger partial charge in [0.05, 0.1) is 15.7 Å². The molecular weight excluding hydrogens is 268 g/mol. The van der Waals surface area contributed by atoms with Crippen molar-refractivity contribution in [2.75, 3.05) is 5.32 Å². The maximum absolute atomic E-state index is 11.2. The van der Waals surface area contributed by atoms with Gasteiger partial charge in [-0.25, -0.2) is 0 Å². The number of allylic oxidation sites excluding steroid dienone is 2. The lowest BCUT2D eigenvalue weighted by molar-refractivity contribution is -0.114. The summed E-state index contributed by atoms with van der Waals surface area (Å²) in [5, 5.41) is 4.20. The van der Waals surface area contributed by atoms with Gasteiger partial charge in [0, 0.05) is 12.1 Å². The molecule has 5 heteroatoms. The highest BCUT2D eigenvalue weighted by Crippen LogP contribution is 2.33. The van der Waals surface area contributed by atoms with E-state index in [2.05, 4.69) is 5.32 Å². The van der Waals surface area contributed by atoms with Gasteiger partial charge in [0.25, 0.3) is 0 Å². The van der Waals surface area contributed by atoms with Crippen LogP contribution in [-0.2, 0) is 4.79 Å². The smallest absolute Gasteiger partial charge is 0.176 e. The second-order valence-corrected chi connectivity index (χ2v) is 4.61. The standard InChI is InChI=1S/C11H8Cl3NO/c12-6-2-1-3-7(10(6)13)15-8-4-5-9(16)11(8)14/h1-3,15H,4-5H2. The van der Waals surface area contributed by atoms with Crippen LogP contribution in [-0.4, -0.2) is 5.78 Å². The minimum Gasteiger partial charge on any atom is -0.356 e. The van der Waals surface area contributed by atoms with Gasteiger partial charge in [0.2, 0.25) is 0 Å². The average Bonchev–Trinajstić information content (AvgIpc) is 2.57. The molecule has 2 rings (SSSR count). The lowest BCUT2D eigenvalue weighted by Crippen LogP contribution is -1.99. The van der Waals surface area contributed by atoms with E-state index in [-0.39, 0.29) is 10.8 Å². The van der Waals surface area contributed by atoms with Crippen LogP contribution < -0.4 is 5.32 Å². The van der Waals surface area contributed by atoms with E-state index in [9.17, 15) is 4.79 Å². The number of benzene rings is 1. The molecule has 2 nitrogen and oxygen atoms in total. The Bertz CT molecular complexity index is 482. The van der Waals surface area contributed by atoms with E-state index in [4.69, 9.17) is 34.8 Å². The number of carbonyl (C=O) groups excluding carboxylic acids is 1. The molecule has 0 bridgehead atoms. The van der Waals surface area contributed by atoms with Gasteiger partial charge in [-0.1, -0.05) is 40.9 Å². The normalized spacial score (nSPS) is 15.8. The first-order chi connectivity index (χ1) is 7.59. The highest BCUT2D eigenvalue weighted by atomic mass is 35.5. The summed E-state index contributed by atoms with van der Waals surface area (Å²) < 4.78 is 0. The summed E-state index contributed by atoms with van der Waals surface area (Å²) in [6.45, 7) is 0. The second kappa shape index (κ2) is 4.66. The van der Waals surface area contributed by atoms with Crippen molar-refractivity contribution < 1.29 is 4.79 Å². The molecular formula is C11H8Cl3NO. The van der Waals surface area contributed by atoms with Gasteiger partial charge in [0.1, 0.15) is 5.03 Å². The predicted octanol–water partition coefficient (Wildman–Crippen LogP) is 4.22. The third kappa shape index (κ3) is 2.19. The first-order valence-corrected chi connectivity index (χ1v) is 5.86. The summed E-state index contributed by atoms with van der Waals surface area (Å²) in [6.07, 6.45) is 1.06. The van der Waals surface area contributed by atoms with Gasteiger partial charge in [-0.2, -0.15) is 0 Å². The zero-order valence-corrected chi connectivity index (χ0v) is 10.5. The van der Waals surface area contributed by atoms with Crippen LogP contribution in [0.2, 0.25) is 10.0 Å². The Morgan fingerprint density at radius 2 is 1.88 bits per heavy atom. The first-order valence-electron chi connectivity index (χ1n) is 4.72. The minimum absolute atomic E-state index is 0.0395. The molecule has 0 radical (unpaired) electrons. The molecule has 0 saturated carbocycles. The van der Waals surface area contributed by atoms with Crippen LogP contribution in [0.15, 0.2) is 28.9 Å². The van der Waals surface area contributed by atoms with E-state index in [1.54, 1.807) is 18.2 Å². The molecule has 1 aliphatic rings. The Balaban J connectivity index is 2.28. The molecule has 0 aromatic heterocycles. The molecule has 84 valence electrons. The molecule has 1 aromatic carbocycles. The minimum atomic E-state index is -0.0395. The average molecular weight is 277 g/mol. The van der Waals surface area contributed by atoms with Crippen molar-refractivity contribution >= 4 is 46.3 Å². The zero-order valence-electron chi connectivity index (χ0n) is 8.19. The predicted molar refractivity (Wildman–Crippen MR) is 67.2 cm³/mol. The number of hydrogen-bond acceptors (Lipinski definition) is 2. The van der Waals surface area contributed by atoms with Crippen molar-refractivity contribution in [1.29, 1.82) is 0 Å². The monoisotopic (exact) mass is 275 g/mol. The maximum atomic E-state index is 11.2. The van der Waals surface area contributed by atoms with E-state index in [0.717, 1.165) is 0 Å². The van der Waals surface area contributed by atoms with Crippen molar-refractivity contribution in [3.8, 4) is 0 Å². The van der Waals surface area contributed by atoms with Gasteiger partial charge in [-0.05, 0) is 18.6 Å². The Hall–Kier alpha value is -0.700. The van der Waals surface area contributed by atoms with E-state index in [1.165, 1.54) is 0 Å². The number of Topliss-reactive ketones (excluding diaryl/α,β-unsaturated/α-hetero) is 1. The third-order valence-electron chi connectivity index (χ3n) is 2.35. The fourth-order valence-electron chi connectivity index (χ4n) is 1.51. The number of nitrogens with one attached hydrogen (secondary N) is 1. The molecule has 1 aromatic rings. The van der Waals surface area contributed by atoms with Gasteiger partial charge >= 0.3 is 0 Å². The zero-order chi connectivity index (χ0) is 11.7. The fourth-order valence-corrected chi connectivity index (χ4v) is 2.09. The van der Waals surface area contributed by atoms with Gasteiger partial charge < -0.3 is 5.32 Å². The van der Waals surface area contributed by atoms with E-state index < -0.39 is 0 Å². The SMILES string of the molecule is O=C1CCC(Nc2cccc(Cl)c2Cl)=C1Cl. The molecule has 1 N–H and O–H groups in total.